The summed E-state index contributed by atoms with van der Waals surface area (Å²) in [6, 6.07) is 5.55. The summed E-state index contributed by atoms with van der Waals surface area (Å²) in [7, 11) is 1.51. The van der Waals surface area contributed by atoms with Crippen LogP contribution >= 0.6 is 0 Å². The van der Waals surface area contributed by atoms with Crippen LogP contribution in [0.5, 0.6) is 0 Å². The van der Waals surface area contributed by atoms with E-state index >= 15 is 0 Å². The molecule has 4 aromatic heterocycles. The molecule has 4 heterocycles. The molecule has 7 nitrogen and oxygen atoms in total. The molecular weight excluding hydrogens is 440 g/mol. The van der Waals surface area contributed by atoms with E-state index in [0.29, 0.717) is 16.6 Å². The molecule has 0 spiro atoms. The molecule has 0 saturated heterocycles. The lowest BCUT2D eigenvalue weighted by atomic mass is 10.1. The maximum atomic E-state index is 14.7. The fraction of sp³-hybridized carbons (Fsp3) is 0.182. The number of alkyl halides is 3. The van der Waals surface area contributed by atoms with Crippen LogP contribution in [0, 0.1) is 5.95 Å². The monoisotopic (exact) mass is 458 g/mol. The molecule has 33 heavy (non-hydrogen) atoms. The first-order valence-corrected chi connectivity index (χ1v) is 9.83. The quantitative estimate of drug-likeness (QED) is 0.299. The normalized spacial score (nSPS) is 11.5. The first-order chi connectivity index (χ1) is 15.8. The van der Waals surface area contributed by atoms with Gasteiger partial charge >= 0.3 is 6.18 Å². The third-order valence-corrected chi connectivity index (χ3v) is 5.08. The van der Waals surface area contributed by atoms with Crippen molar-refractivity contribution in [3.8, 4) is 0 Å². The van der Waals surface area contributed by atoms with Gasteiger partial charge < -0.3 is 15.6 Å². The second-order valence-corrected chi connectivity index (χ2v) is 7.22. The number of hydrogen-bond donors (Lipinski definition) is 3. The molecule has 0 radical (unpaired) electrons. The van der Waals surface area contributed by atoms with Crippen molar-refractivity contribution in [2.24, 2.45) is 0 Å². The first kappa shape index (κ1) is 22.2. The minimum absolute atomic E-state index is 0.0745. The molecule has 0 aliphatic heterocycles. The van der Waals surface area contributed by atoms with Crippen molar-refractivity contribution >= 4 is 22.8 Å². The van der Waals surface area contributed by atoms with Crippen LogP contribution in [-0.4, -0.2) is 32.9 Å². The Kier molecular flexibility index (Phi) is 5.95. The standard InChI is InChI=1S/C22H18F4N6O/c1-27-21(33)14-7-16-13(9-30-20(16)31-10-14)6-12-2-3-18(32-19(12)23)29-11-15-8-28-5-4-17(15)22(24,25)26/h2-5,7-10H,6,11H2,1H3,(H,27,33)(H,29,32)(H,30,31). The number of rotatable bonds is 6. The van der Waals surface area contributed by atoms with E-state index in [1.807, 2.05) is 0 Å². The Morgan fingerprint density at radius 2 is 1.94 bits per heavy atom. The fourth-order valence-corrected chi connectivity index (χ4v) is 3.40. The summed E-state index contributed by atoms with van der Waals surface area (Å²) in [6.45, 7) is -0.217. The average molecular weight is 458 g/mol. The molecule has 3 N–H and O–H groups in total. The predicted octanol–water partition coefficient (Wildman–Crippen LogP) is 4.07. The number of aromatic nitrogens is 4. The van der Waals surface area contributed by atoms with Gasteiger partial charge in [-0.25, -0.2) is 9.97 Å². The van der Waals surface area contributed by atoms with Crippen molar-refractivity contribution in [2.45, 2.75) is 19.1 Å². The molecule has 0 saturated carbocycles. The first-order valence-electron chi connectivity index (χ1n) is 9.83. The van der Waals surface area contributed by atoms with Gasteiger partial charge in [0.1, 0.15) is 11.5 Å². The number of anilines is 1. The maximum absolute atomic E-state index is 14.7. The van der Waals surface area contributed by atoms with Crippen molar-refractivity contribution in [2.75, 3.05) is 12.4 Å². The summed E-state index contributed by atoms with van der Waals surface area (Å²) in [5, 5.41) is 5.91. The molecule has 4 rings (SSSR count). The van der Waals surface area contributed by atoms with Gasteiger partial charge in [-0.1, -0.05) is 6.07 Å². The van der Waals surface area contributed by atoms with Gasteiger partial charge in [0.05, 0.1) is 11.1 Å². The highest BCUT2D eigenvalue weighted by atomic mass is 19.4. The smallest absolute Gasteiger partial charge is 0.366 e. The number of amides is 1. The topological polar surface area (TPSA) is 95.6 Å². The molecule has 0 bridgehead atoms. The van der Waals surface area contributed by atoms with Gasteiger partial charge in [-0.05, 0) is 23.8 Å². The van der Waals surface area contributed by atoms with Crippen molar-refractivity contribution in [1.82, 2.24) is 25.3 Å². The van der Waals surface area contributed by atoms with Crippen LogP contribution < -0.4 is 10.6 Å². The largest absolute Gasteiger partial charge is 0.416 e. The summed E-state index contributed by atoms with van der Waals surface area (Å²) in [5.74, 6) is -0.954. The second-order valence-electron chi connectivity index (χ2n) is 7.22. The SMILES string of the molecule is CNC(=O)c1cnc2[nH]cc(Cc3ccc(NCc4cnccc4C(F)(F)F)nc3F)c2c1. The van der Waals surface area contributed by atoms with Crippen LogP contribution in [0.25, 0.3) is 11.0 Å². The number of aromatic amines is 1. The van der Waals surface area contributed by atoms with Crippen LogP contribution in [0.3, 0.4) is 0 Å². The minimum atomic E-state index is -4.52. The van der Waals surface area contributed by atoms with E-state index < -0.39 is 17.7 Å². The van der Waals surface area contributed by atoms with Gasteiger partial charge in [-0.15, -0.1) is 0 Å². The Hall–Kier alpha value is -4.02. The van der Waals surface area contributed by atoms with Crippen LogP contribution in [0.4, 0.5) is 23.4 Å². The zero-order valence-corrected chi connectivity index (χ0v) is 17.3. The molecule has 0 fully saturated rings. The van der Waals surface area contributed by atoms with Crippen LogP contribution in [0.2, 0.25) is 0 Å². The highest BCUT2D eigenvalue weighted by Crippen LogP contribution is 2.31. The van der Waals surface area contributed by atoms with E-state index in [0.717, 1.165) is 24.0 Å². The zero-order valence-electron chi connectivity index (χ0n) is 17.3. The summed E-state index contributed by atoms with van der Waals surface area (Å²) in [5.41, 5.74) is 1.04. The summed E-state index contributed by atoms with van der Waals surface area (Å²) in [4.78, 5) is 26.6. The zero-order chi connectivity index (χ0) is 23.6. The lowest BCUT2D eigenvalue weighted by molar-refractivity contribution is -0.138. The third-order valence-electron chi connectivity index (χ3n) is 5.08. The number of carbonyl (C=O) groups excluding carboxylic acids is 1. The van der Waals surface area contributed by atoms with E-state index in [9.17, 15) is 22.4 Å². The van der Waals surface area contributed by atoms with Gasteiger partial charge in [0.15, 0.2) is 0 Å². The van der Waals surface area contributed by atoms with Crippen molar-refractivity contribution in [1.29, 1.82) is 0 Å². The summed E-state index contributed by atoms with van der Waals surface area (Å²) < 4.78 is 54.0. The molecule has 0 unspecified atom stereocenters. The number of nitrogens with zero attached hydrogens (tertiary/aromatic N) is 3. The van der Waals surface area contributed by atoms with Crippen molar-refractivity contribution < 1.29 is 22.4 Å². The highest BCUT2D eigenvalue weighted by Gasteiger charge is 2.33. The Bertz CT molecular complexity index is 1320. The molecule has 170 valence electrons. The van der Waals surface area contributed by atoms with Crippen LogP contribution in [0.1, 0.15) is 32.6 Å². The molecule has 0 aliphatic carbocycles. The number of pyridine rings is 3. The van der Waals surface area contributed by atoms with Gasteiger partial charge in [0.2, 0.25) is 5.95 Å². The van der Waals surface area contributed by atoms with Crippen LogP contribution in [-0.2, 0) is 19.1 Å². The lowest BCUT2D eigenvalue weighted by Crippen LogP contribution is -2.17. The van der Waals surface area contributed by atoms with E-state index in [1.54, 1.807) is 12.3 Å². The summed E-state index contributed by atoms with van der Waals surface area (Å²) in [6.07, 6.45) is 0.956. The van der Waals surface area contributed by atoms with Crippen LogP contribution in [0.15, 0.2) is 49.1 Å². The number of carbonyl (C=O) groups is 1. The van der Waals surface area contributed by atoms with Crippen molar-refractivity contribution in [3.05, 3.63) is 82.8 Å². The summed E-state index contributed by atoms with van der Waals surface area (Å²) >= 11 is 0. The third kappa shape index (κ3) is 4.76. The molecule has 4 aromatic rings. The van der Waals surface area contributed by atoms with E-state index in [-0.39, 0.29) is 35.8 Å². The average Bonchev–Trinajstić information content (AvgIpc) is 3.20. The van der Waals surface area contributed by atoms with Gasteiger partial charge in [-0.2, -0.15) is 17.6 Å². The Balaban J connectivity index is 1.52. The molecule has 0 atom stereocenters. The van der Waals surface area contributed by atoms with Gasteiger partial charge in [0, 0.05) is 61.3 Å². The Labute approximate surface area is 185 Å². The Morgan fingerprint density at radius 1 is 1.12 bits per heavy atom. The molecule has 0 aromatic carbocycles. The molecule has 11 heteroatoms. The number of fused-ring (bicyclic) bond motifs is 1. The number of hydrogen-bond acceptors (Lipinski definition) is 5. The lowest BCUT2D eigenvalue weighted by Gasteiger charge is -2.13. The van der Waals surface area contributed by atoms with Crippen molar-refractivity contribution in [3.63, 3.8) is 0 Å². The van der Waals surface area contributed by atoms with E-state index in [2.05, 4.69) is 30.6 Å². The minimum Gasteiger partial charge on any atom is -0.366 e. The Morgan fingerprint density at radius 3 is 2.67 bits per heavy atom. The van der Waals surface area contributed by atoms with E-state index in [1.165, 1.54) is 25.4 Å². The fourth-order valence-electron chi connectivity index (χ4n) is 3.40. The van der Waals surface area contributed by atoms with Gasteiger partial charge in [0.25, 0.3) is 5.91 Å². The van der Waals surface area contributed by atoms with Gasteiger partial charge in [-0.3, -0.25) is 9.78 Å². The number of nitrogens with one attached hydrogen (secondary N) is 3. The van der Waals surface area contributed by atoms with E-state index in [4.69, 9.17) is 0 Å². The second kappa shape index (κ2) is 8.85. The number of halogens is 4. The number of H-pyrrole nitrogens is 1. The molecule has 0 aliphatic rings. The molecular formula is C22H18F4N6O. The maximum Gasteiger partial charge on any atom is 0.416 e. The highest BCUT2D eigenvalue weighted by molar-refractivity contribution is 5.97. The predicted molar refractivity (Wildman–Crippen MR) is 113 cm³/mol. The molecule has 1 amide bonds.